The maximum absolute atomic E-state index is 12.5. The molecule has 0 aliphatic carbocycles. The van der Waals surface area contributed by atoms with Gasteiger partial charge in [-0.3, -0.25) is 9.59 Å². The minimum Gasteiger partial charge on any atom is -0.494 e. The van der Waals surface area contributed by atoms with Crippen LogP contribution in [0.4, 0.5) is 5.69 Å². The molecule has 156 valence electrons. The van der Waals surface area contributed by atoms with Crippen molar-refractivity contribution < 1.29 is 9.53 Å². The fraction of sp³-hybridized carbons (Fsp3) is 0.200. The molecule has 0 aliphatic heterocycles. The number of hydrogen-bond acceptors (Lipinski definition) is 7. The van der Waals surface area contributed by atoms with Gasteiger partial charge in [0.25, 0.3) is 5.56 Å². The van der Waals surface area contributed by atoms with Gasteiger partial charge in [0.1, 0.15) is 11.4 Å². The summed E-state index contributed by atoms with van der Waals surface area (Å²) in [6.45, 7) is 2.49. The van der Waals surface area contributed by atoms with Crippen LogP contribution in [-0.2, 0) is 11.2 Å². The molecule has 10 heteroatoms. The highest BCUT2D eigenvalue weighted by Crippen LogP contribution is 2.17. The number of nitrogens with two attached hydrogens (primary N) is 1. The lowest BCUT2D eigenvalue weighted by Gasteiger charge is -2.09. The van der Waals surface area contributed by atoms with E-state index in [0.29, 0.717) is 17.3 Å². The summed E-state index contributed by atoms with van der Waals surface area (Å²) in [4.78, 5) is 24.6. The summed E-state index contributed by atoms with van der Waals surface area (Å²) in [6.07, 6.45) is 0.287. The van der Waals surface area contributed by atoms with Gasteiger partial charge in [0.05, 0.1) is 12.4 Å². The minimum atomic E-state index is -0.461. The van der Waals surface area contributed by atoms with Crippen molar-refractivity contribution in [2.75, 3.05) is 23.5 Å². The second kappa shape index (κ2) is 10.1. The highest BCUT2D eigenvalue weighted by molar-refractivity contribution is 7.99. The predicted octanol–water partition coefficient (Wildman–Crippen LogP) is 2.73. The minimum absolute atomic E-state index is 0.00999. The van der Waals surface area contributed by atoms with Crippen LogP contribution >= 0.6 is 23.4 Å². The molecule has 0 saturated carbocycles. The highest BCUT2D eigenvalue weighted by Gasteiger charge is 2.13. The summed E-state index contributed by atoms with van der Waals surface area (Å²) in [5.41, 5.74) is 1.22. The van der Waals surface area contributed by atoms with Gasteiger partial charge in [-0.1, -0.05) is 41.6 Å². The summed E-state index contributed by atoms with van der Waals surface area (Å²) >= 11 is 6.92. The molecule has 0 unspecified atom stereocenters. The van der Waals surface area contributed by atoms with E-state index in [4.69, 9.17) is 22.2 Å². The molecule has 0 aliphatic rings. The molecule has 8 nitrogen and oxygen atoms in total. The molecule has 0 saturated heterocycles. The Labute approximate surface area is 182 Å². The van der Waals surface area contributed by atoms with Crippen LogP contribution in [0.1, 0.15) is 18.2 Å². The number of benzene rings is 2. The molecular formula is C20H20ClN5O3S. The first-order chi connectivity index (χ1) is 14.5. The molecule has 1 aromatic heterocycles. The molecule has 1 amide bonds. The lowest BCUT2D eigenvalue weighted by Crippen LogP contribution is -2.34. The van der Waals surface area contributed by atoms with E-state index in [1.807, 2.05) is 31.2 Å². The van der Waals surface area contributed by atoms with Gasteiger partial charge in [0.15, 0.2) is 0 Å². The fourth-order valence-electron chi connectivity index (χ4n) is 2.59. The molecule has 0 atom stereocenters. The number of nitrogen functional groups attached to an aromatic ring is 1. The van der Waals surface area contributed by atoms with Crippen molar-refractivity contribution in [2.45, 2.75) is 18.5 Å². The molecule has 30 heavy (non-hydrogen) atoms. The third-order valence-electron chi connectivity index (χ3n) is 3.97. The second-order valence-corrected chi connectivity index (χ2v) is 7.58. The normalized spacial score (nSPS) is 10.6. The summed E-state index contributed by atoms with van der Waals surface area (Å²) in [5, 5.41) is 11.4. The number of nitrogens with one attached hydrogen (secondary N) is 1. The van der Waals surface area contributed by atoms with Gasteiger partial charge in [-0.2, -0.15) is 4.68 Å². The van der Waals surface area contributed by atoms with Crippen LogP contribution in [0.5, 0.6) is 5.75 Å². The topological polar surface area (TPSA) is 112 Å². The van der Waals surface area contributed by atoms with Gasteiger partial charge in [-0.05, 0) is 42.8 Å². The van der Waals surface area contributed by atoms with Crippen LogP contribution in [-0.4, -0.2) is 33.1 Å². The third kappa shape index (κ3) is 5.74. The van der Waals surface area contributed by atoms with E-state index < -0.39 is 5.56 Å². The summed E-state index contributed by atoms with van der Waals surface area (Å²) in [5.74, 6) is 6.35. The SMILES string of the molecule is CCOc1ccc(Cc2nnc(SCC(=O)Nc3cccc(Cl)c3)n(N)c2=O)cc1. The number of amides is 1. The van der Waals surface area contributed by atoms with E-state index in [-0.39, 0.29) is 28.9 Å². The van der Waals surface area contributed by atoms with E-state index in [1.54, 1.807) is 24.3 Å². The number of aromatic nitrogens is 3. The molecule has 2 aromatic carbocycles. The number of anilines is 1. The third-order valence-corrected chi connectivity index (χ3v) is 5.15. The van der Waals surface area contributed by atoms with Crippen molar-refractivity contribution >= 4 is 35.0 Å². The van der Waals surface area contributed by atoms with Crippen molar-refractivity contribution in [3.8, 4) is 5.75 Å². The van der Waals surface area contributed by atoms with Crippen molar-refractivity contribution in [2.24, 2.45) is 0 Å². The zero-order valence-corrected chi connectivity index (χ0v) is 17.7. The quantitative estimate of drug-likeness (QED) is 0.405. The Hall–Kier alpha value is -3.04. The second-order valence-electron chi connectivity index (χ2n) is 6.21. The van der Waals surface area contributed by atoms with Crippen LogP contribution in [0.25, 0.3) is 0 Å². The Morgan fingerprint density at radius 2 is 2.00 bits per heavy atom. The molecule has 3 N–H and O–H groups in total. The van der Waals surface area contributed by atoms with Crippen LogP contribution in [0, 0.1) is 0 Å². The Balaban J connectivity index is 1.62. The smallest absolute Gasteiger partial charge is 0.294 e. The fourth-order valence-corrected chi connectivity index (χ4v) is 3.43. The number of hydrogen-bond donors (Lipinski definition) is 2. The van der Waals surface area contributed by atoms with Gasteiger partial charge >= 0.3 is 0 Å². The average Bonchev–Trinajstić information content (AvgIpc) is 2.72. The Kier molecular flexibility index (Phi) is 7.31. The van der Waals surface area contributed by atoms with E-state index in [2.05, 4.69) is 15.5 Å². The first-order valence-electron chi connectivity index (χ1n) is 9.10. The first kappa shape index (κ1) is 21.7. The number of nitrogens with zero attached hydrogens (tertiary/aromatic N) is 3. The number of carbonyl (C=O) groups is 1. The molecule has 1 heterocycles. The Morgan fingerprint density at radius 1 is 1.23 bits per heavy atom. The zero-order chi connectivity index (χ0) is 21.5. The van der Waals surface area contributed by atoms with Gasteiger partial charge in [-0.25, -0.2) is 0 Å². The highest BCUT2D eigenvalue weighted by atomic mass is 35.5. The number of ether oxygens (including phenoxy) is 1. The molecule has 3 rings (SSSR count). The Bertz CT molecular complexity index is 1090. The molecular weight excluding hydrogens is 426 g/mol. The lowest BCUT2D eigenvalue weighted by molar-refractivity contribution is -0.113. The molecule has 0 radical (unpaired) electrons. The standard InChI is InChI=1S/C20H20ClN5O3S/c1-2-29-16-8-6-13(7-9-16)10-17-19(28)26(22)20(25-24-17)30-12-18(27)23-15-5-3-4-14(21)11-15/h3-9,11H,2,10,12,22H2,1H3,(H,23,27). The molecule has 0 bridgehead atoms. The van der Waals surface area contributed by atoms with Gasteiger partial charge < -0.3 is 15.9 Å². The van der Waals surface area contributed by atoms with E-state index in [9.17, 15) is 9.59 Å². The van der Waals surface area contributed by atoms with Crippen LogP contribution in [0.2, 0.25) is 5.02 Å². The number of halogens is 1. The van der Waals surface area contributed by atoms with Crippen LogP contribution < -0.4 is 21.5 Å². The molecule has 0 fully saturated rings. The number of thioether (sulfide) groups is 1. The monoisotopic (exact) mass is 445 g/mol. The van der Waals surface area contributed by atoms with Crippen molar-refractivity contribution in [3.63, 3.8) is 0 Å². The predicted molar refractivity (Wildman–Crippen MR) is 118 cm³/mol. The largest absolute Gasteiger partial charge is 0.494 e. The average molecular weight is 446 g/mol. The maximum Gasteiger partial charge on any atom is 0.294 e. The van der Waals surface area contributed by atoms with Crippen LogP contribution in [0.3, 0.4) is 0 Å². The van der Waals surface area contributed by atoms with Crippen molar-refractivity contribution in [1.29, 1.82) is 0 Å². The van der Waals surface area contributed by atoms with Gasteiger partial charge in [0, 0.05) is 17.1 Å². The van der Waals surface area contributed by atoms with Crippen LogP contribution in [0.15, 0.2) is 58.5 Å². The van der Waals surface area contributed by atoms with Crippen molar-refractivity contribution in [1.82, 2.24) is 14.9 Å². The number of carbonyl (C=O) groups excluding carboxylic acids is 1. The van der Waals surface area contributed by atoms with Crippen molar-refractivity contribution in [3.05, 3.63) is 75.2 Å². The number of rotatable bonds is 8. The Morgan fingerprint density at radius 3 is 2.70 bits per heavy atom. The molecule has 3 aromatic rings. The van der Waals surface area contributed by atoms with E-state index in [1.165, 1.54) is 0 Å². The van der Waals surface area contributed by atoms with Gasteiger partial charge in [-0.15, -0.1) is 10.2 Å². The van der Waals surface area contributed by atoms with Gasteiger partial charge in [0.2, 0.25) is 11.1 Å². The summed E-state index contributed by atoms with van der Waals surface area (Å²) < 4.78 is 6.31. The zero-order valence-electron chi connectivity index (χ0n) is 16.2. The maximum atomic E-state index is 12.5. The lowest BCUT2D eigenvalue weighted by atomic mass is 10.1. The summed E-state index contributed by atoms with van der Waals surface area (Å²) in [6, 6.07) is 14.2. The molecule has 0 spiro atoms. The summed E-state index contributed by atoms with van der Waals surface area (Å²) in [7, 11) is 0. The van der Waals surface area contributed by atoms with E-state index in [0.717, 1.165) is 27.8 Å². The first-order valence-corrected chi connectivity index (χ1v) is 10.5. The van der Waals surface area contributed by atoms with E-state index >= 15 is 0 Å².